The molecule has 0 unspecified atom stereocenters. The summed E-state index contributed by atoms with van der Waals surface area (Å²) in [5.74, 6) is -0.171. The van der Waals surface area contributed by atoms with Gasteiger partial charge in [-0.1, -0.05) is 11.6 Å². The Kier molecular flexibility index (Phi) is 4.79. The van der Waals surface area contributed by atoms with E-state index < -0.39 is 0 Å². The normalized spacial score (nSPS) is 15.5. The fourth-order valence-corrected chi connectivity index (χ4v) is 2.65. The number of carbonyl (C=O) groups excluding carboxylic acids is 1. The number of amides is 1. The number of aromatic nitrogens is 1. The quantitative estimate of drug-likeness (QED) is 0.940. The first-order chi connectivity index (χ1) is 11.1. The minimum absolute atomic E-state index is 0.171. The second-order valence-electron chi connectivity index (χ2n) is 5.68. The Labute approximate surface area is 140 Å². The molecule has 0 radical (unpaired) electrons. The van der Waals surface area contributed by atoms with Gasteiger partial charge < -0.3 is 15.1 Å². The van der Waals surface area contributed by atoms with E-state index in [-0.39, 0.29) is 5.91 Å². The Balaban J connectivity index is 1.71. The van der Waals surface area contributed by atoms with Crippen molar-refractivity contribution in [3.63, 3.8) is 0 Å². The van der Waals surface area contributed by atoms with Gasteiger partial charge in [-0.15, -0.1) is 0 Å². The average Bonchev–Trinajstić information content (AvgIpc) is 2.58. The van der Waals surface area contributed by atoms with Gasteiger partial charge in [0.2, 0.25) is 0 Å². The summed E-state index contributed by atoms with van der Waals surface area (Å²) in [4.78, 5) is 21.1. The lowest BCUT2D eigenvalue weighted by molar-refractivity contribution is 0.102. The second-order valence-corrected chi connectivity index (χ2v) is 6.12. The highest BCUT2D eigenvalue weighted by Gasteiger charge is 2.16. The van der Waals surface area contributed by atoms with E-state index in [0.29, 0.717) is 16.3 Å². The number of carbonyl (C=O) groups is 1. The molecule has 0 saturated carbocycles. The molecule has 3 rings (SSSR count). The van der Waals surface area contributed by atoms with Crippen LogP contribution >= 0.6 is 11.6 Å². The summed E-state index contributed by atoms with van der Waals surface area (Å²) in [5, 5.41) is 3.50. The summed E-state index contributed by atoms with van der Waals surface area (Å²) >= 11 is 5.85. The molecule has 1 N–H and O–H groups in total. The average molecular weight is 331 g/mol. The number of pyridine rings is 1. The van der Waals surface area contributed by atoms with Crippen molar-refractivity contribution in [3.8, 4) is 0 Å². The lowest BCUT2D eigenvalue weighted by Gasteiger charge is -2.33. The molecule has 1 fully saturated rings. The van der Waals surface area contributed by atoms with Crippen LogP contribution in [0.5, 0.6) is 0 Å². The van der Waals surface area contributed by atoms with Crippen molar-refractivity contribution in [2.75, 3.05) is 43.4 Å². The molecule has 0 spiro atoms. The molecule has 6 heteroatoms. The monoisotopic (exact) mass is 330 g/mol. The number of nitrogens with zero attached hydrogens (tertiary/aromatic N) is 3. The van der Waals surface area contributed by atoms with Gasteiger partial charge in [0.15, 0.2) is 0 Å². The largest absolute Gasteiger partial charge is 0.368 e. The standard InChI is InChI=1S/C17H19ClN4O/c1-21-6-8-22(9-7-21)16-10-13(11-19-12-16)17(23)20-15-4-2-14(18)3-5-15/h2-5,10-12H,6-9H2,1H3,(H,20,23). The number of hydrogen-bond acceptors (Lipinski definition) is 4. The van der Waals surface area contributed by atoms with E-state index in [1.54, 1.807) is 30.5 Å². The van der Waals surface area contributed by atoms with Gasteiger partial charge in [0.05, 0.1) is 17.4 Å². The van der Waals surface area contributed by atoms with Crippen molar-refractivity contribution in [3.05, 3.63) is 53.3 Å². The number of anilines is 2. The lowest BCUT2D eigenvalue weighted by atomic mass is 10.2. The van der Waals surface area contributed by atoms with Gasteiger partial charge in [-0.3, -0.25) is 9.78 Å². The van der Waals surface area contributed by atoms with Gasteiger partial charge >= 0.3 is 0 Å². The Morgan fingerprint density at radius 3 is 2.52 bits per heavy atom. The van der Waals surface area contributed by atoms with Crippen LogP contribution in [0.25, 0.3) is 0 Å². The SMILES string of the molecule is CN1CCN(c2cncc(C(=O)Nc3ccc(Cl)cc3)c2)CC1. The Morgan fingerprint density at radius 2 is 1.83 bits per heavy atom. The summed E-state index contributed by atoms with van der Waals surface area (Å²) < 4.78 is 0. The van der Waals surface area contributed by atoms with E-state index in [9.17, 15) is 4.79 Å². The maximum atomic E-state index is 12.4. The molecule has 1 aliphatic rings. The van der Waals surface area contributed by atoms with Gasteiger partial charge in [-0.05, 0) is 37.4 Å². The molecule has 1 aliphatic heterocycles. The van der Waals surface area contributed by atoms with Crippen molar-refractivity contribution in [2.24, 2.45) is 0 Å². The fraction of sp³-hybridized carbons (Fsp3) is 0.294. The summed E-state index contributed by atoms with van der Waals surface area (Å²) in [6.45, 7) is 3.92. The molecule has 120 valence electrons. The van der Waals surface area contributed by atoms with Gasteiger partial charge in [-0.25, -0.2) is 0 Å². The number of hydrogen-bond donors (Lipinski definition) is 1. The molecule has 2 heterocycles. The summed E-state index contributed by atoms with van der Waals surface area (Å²) in [6, 6.07) is 8.94. The minimum atomic E-state index is -0.171. The van der Waals surface area contributed by atoms with Crippen LogP contribution in [-0.2, 0) is 0 Å². The first kappa shape index (κ1) is 15.8. The van der Waals surface area contributed by atoms with Crippen molar-refractivity contribution in [2.45, 2.75) is 0 Å². The van der Waals surface area contributed by atoms with Crippen LogP contribution in [0.2, 0.25) is 5.02 Å². The van der Waals surface area contributed by atoms with Crippen molar-refractivity contribution >= 4 is 28.9 Å². The highest BCUT2D eigenvalue weighted by molar-refractivity contribution is 6.30. The summed E-state index contributed by atoms with van der Waals surface area (Å²) in [7, 11) is 2.12. The van der Waals surface area contributed by atoms with Gasteiger partial charge in [0, 0.05) is 43.1 Å². The zero-order valence-electron chi connectivity index (χ0n) is 13.0. The van der Waals surface area contributed by atoms with Crippen LogP contribution in [0.3, 0.4) is 0 Å². The van der Waals surface area contributed by atoms with Crippen LogP contribution in [0, 0.1) is 0 Å². The molecular weight excluding hydrogens is 312 g/mol. The summed E-state index contributed by atoms with van der Waals surface area (Å²) in [5.41, 5.74) is 2.25. The zero-order chi connectivity index (χ0) is 16.2. The lowest BCUT2D eigenvalue weighted by Crippen LogP contribution is -2.44. The van der Waals surface area contributed by atoms with Crippen molar-refractivity contribution in [1.29, 1.82) is 0 Å². The fourth-order valence-electron chi connectivity index (χ4n) is 2.53. The molecule has 0 bridgehead atoms. The van der Waals surface area contributed by atoms with Gasteiger partial charge in [-0.2, -0.15) is 0 Å². The first-order valence-corrected chi connectivity index (χ1v) is 7.95. The third-order valence-electron chi connectivity index (χ3n) is 3.96. The van der Waals surface area contributed by atoms with E-state index in [2.05, 4.69) is 27.1 Å². The molecule has 5 nitrogen and oxygen atoms in total. The molecule has 23 heavy (non-hydrogen) atoms. The highest BCUT2D eigenvalue weighted by atomic mass is 35.5. The van der Waals surface area contributed by atoms with Crippen LogP contribution in [0.15, 0.2) is 42.7 Å². The van der Waals surface area contributed by atoms with E-state index in [0.717, 1.165) is 31.9 Å². The number of piperazine rings is 1. The number of nitrogens with one attached hydrogen (secondary N) is 1. The molecule has 1 amide bonds. The topological polar surface area (TPSA) is 48.5 Å². The molecule has 1 aromatic carbocycles. The Bertz CT molecular complexity index is 681. The number of rotatable bonds is 3. The summed E-state index contributed by atoms with van der Waals surface area (Å²) in [6.07, 6.45) is 3.40. The molecule has 1 aromatic heterocycles. The van der Waals surface area contributed by atoms with Crippen molar-refractivity contribution < 1.29 is 4.79 Å². The number of benzene rings is 1. The van der Waals surface area contributed by atoms with E-state index in [1.165, 1.54) is 0 Å². The molecule has 0 aliphatic carbocycles. The zero-order valence-corrected chi connectivity index (χ0v) is 13.8. The second kappa shape index (κ2) is 6.98. The third kappa shape index (κ3) is 4.00. The van der Waals surface area contributed by atoms with Crippen molar-refractivity contribution in [1.82, 2.24) is 9.88 Å². The maximum absolute atomic E-state index is 12.4. The van der Waals surface area contributed by atoms with Crippen LogP contribution in [0.4, 0.5) is 11.4 Å². The highest BCUT2D eigenvalue weighted by Crippen LogP contribution is 2.18. The molecule has 1 saturated heterocycles. The Hall–Kier alpha value is -2.11. The number of halogens is 1. The van der Waals surface area contributed by atoms with E-state index in [4.69, 9.17) is 11.6 Å². The van der Waals surface area contributed by atoms with E-state index >= 15 is 0 Å². The predicted molar refractivity (Wildman–Crippen MR) is 93.4 cm³/mol. The van der Waals surface area contributed by atoms with Gasteiger partial charge in [0.25, 0.3) is 5.91 Å². The molecular formula is C17H19ClN4O. The Morgan fingerprint density at radius 1 is 1.13 bits per heavy atom. The van der Waals surface area contributed by atoms with Crippen LogP contribution in [0.1, 0.15) is 10.4 Å². The predicted octanol–water partition coefficient (Wildman–Crippen LogP) is 2.74. The maximum Gasteiger partial charge on any atom is 0.257 e. The molecule has 2 aromatic rings. The minimum Gasteiger partial charge on any atom is -0.368 e. The van der Waals surface area contributed by atoms with Crippen LogP contribution in [-0.4, -0.2) is 49.0 Å². The smallest absolute Gasteiger partial charge is 0.257 e. The van der Waals surface area contributed by atoms with E-state index in [1.807, 2.05) is 12.3 Å². The third-order valence-corrected chi connectivity index (χ3v) is 4.21. The first-order valence-electron chi connectivity index (χ1n) is 7.57. The number of likely N-dealkylation sites (N-methyl/N-ethyl adjacent to an activating group) is 1. The van der Waals surface area contributed by atoms with Crippen LogP contribution < -0.4 is 10.2 Å². The van der Waals surface area contributed by atoms with Gasteiger partial charge in [0.1, 0.15) is 0 Å². The molecule has 0 atom stereocenters.